The van der Waals surface area contributed by atoms with E-state index in [1.165, 1.54) is 23.9 Å². The standard InChI is InChI=1S/C22H23FN2O4S2/c1-29-18-8-4-16(5-9-18)12-21(26)24-22-25(11-10-15-2-6-17(23)7-3-15)19-13-31(27,28)14-20(19)30-22/h2-9,19-20H,10-14H2,1H3. The van der Waals surface area contributed by atoms with Crippen LogP contribution in [0.4, 0.5) is 4.39 Å². The highest BCUT2D eigenvalue weighted by atomic mass is 32.2. The molecular weight excluding hydrogens is 439 g/mol. The smallest absolute Gasteiger partial charge is 0.252 e. The number of fused-ring (bicyclic) bond motifs is 1. The first-order valence-electron chi connectivity index (χ1n) is 9.95. The van der Waals surface area contributed by atoms with Crippen LogP contribution in [0, 0.1) is 5.82 Å². The number of ether oxygens (including phenoxy) is 1. The minimum absolute atomic E-state index is 0.0692. The van der Waals surface area contributed by atoms with E-state index in [2.05, 4.69) is 4.99 Å². The zero-order valence-electron chi connectivity index (χ0n) is 17.0. The molecule has 164 valence electrons. The van der Waals surface area contributed by atoms with Crippen LogP contribution in [-0.4, -0.2) is 60.8 Å². The van der Waals surface area contributed by atoms with Crippen molar-refractivity contribution >= 4 is 32.7 Å². The monoisotopic (exact) mass is 462 g/mol. The van der Waals surface area contributed by atoms with Gasteiger partial charge in [-0.25, -0.2) is 12.8 Å². The molecule has 0 N–H and O–H groups in total. The average molecular weight is 463 g/mol. The Bertz CT molecular complexity index is 1090. The summed E-state index contributed by atoms with van der Waals surface area (Å²) in [6.45, 7) is 0.518. The quantitative estimate of drug-likeness (QED) is 0.657. The Labute approximate surface area is 185 Å². The molecule has 0 saturated carbocycles. The molecule has 9 heteroatoms. The molecule has 0 aromatic heterocycles. The lowest BCUT2D eigenvalue weighted by Crippen LogP contribution is -2.39. The van der Waals surface area contributed by atoms with Crippen LogP contribution in [0.2, 0.25) is 0 Å². The van der Waals surface area contributed by atoms with Crippen LogP contribution in [0.25, 0.3) is 0 Å². The average Bonchev–Trinajstić information content (AvgIpc) is 3.19. The second-order valence-electron chi connectivity index (χ2n) is 7.68. The number of methoxy groups -OCH3 is 1. The second kappa shape index (κ2) is 9.00. The summed E-state index contributed by atoms with van der Waals surface area (Å²) in [6, 6.07) is 13.3. The maximum Gasteiger partial charge on any atom is 0.252 e. The van der Waals surface area contributed by atoms with Crippen molar-refractivity contribution < 1.29 is 22.3 Å². The third-order valence-corrected chi connectivity index (χ3v) is 8.71. The number of amides is 1. The molecule has 2 saturated heterocycles. The van der Waals surface area contributed by atoms with Gasteiger partial charge in [-0.1, -0.05) is 36.0 Å². The number of rotatable bonds is 6. The molecule has 2 fully saturated rings. The normalized spacial score (nSPS) is 23.2. The number of carbonyl (C=O) groups excluding carboxylic acids is 1. The van der Waals surface area contributed by atoms with Gasteiger partial charge in [0.2, 0.25) is 0 Å². The van der Waals surface area contributed by atoms with Gasteiger partial charge in [0.15, 0.2) is 15.0 Å². The third kappa shape index (κ3) is 5.27. The van der Waals surface area contributed by atoms with E-state index >= 15 is 0 Å². The van der Waals surface area contributed by atoms with Crippen molar-refractivity contribution in [1.82, 2.24) is 4.90 Å². The van der Waals surface area contributed by atoms with Crippen molar-refractivity contribution in [3.05, 3.63) is 65.5 Å². The number of halogens is 1. The highest BCUT2D eigenvalue weighted by Gasteiger charge is 2.48. The SMILES string of the molecule is COc1ccc(CC(=O)N=C2SC3CS(=O)(=O)CC3N2CCc2ccc(F)cc2)cc1. The van der Waals surface area contributed by atoms with Gasteiger partial charge in [-0.2, -0.15) is 4.99 Å². The van der Waals surface area contributed by atoms with Gasteiger partial charge in [0, 0.05) is 11.8 Å². The maximum atomic E-state index is 13.2. The van der Waals surface area contributed by atoms with Crippen LogP contribution >= 0.6 is 11.8 Å². The topological polar surface area (TPSA) is 76.0 Å². The molecule has 0 radical (unpaired) electrons. The van der Waals surface area contributed by atoms with Crippen LogP contribution in [0.5, 0.6) is 5.75 Å². The molecular formula is C22H23FN2O4S2. The van der Waals surface area contributed by atoms with E-state index in [-0.39, 0.29) is 40.9 Å². The summed E-state index contributed by atoms with van der Waals surface area (Å²) in [6.07, 6.45) is 0.767. The largest absolute Gasteiger partial charge is 0.497 e. The predicted octanol–water partition coefficient (Wildman–Crippen LogP) is 2.72. The molecule has 31 heavy (non-hydrogen) atoms. The van der Waals surface area contributed by atoms with E-state index in [4.69, 9.17) is 4.74 Å². The number of aliphatic imine (C=N–C) groups is 1. The Balaban J connectivity index is 1.49. The Kier molecular flexibility index (Phi) is 6.34. The van der Waals surface area contributed by atoms with Gasteiger partial charge in [-0.3, -0.25) is 4.79 Å². The second-order valence-corrected chi connectivity index (χ2v) is 11.0. The number of nitrogens with zero attached hydrogens (tertiary/aromatic N) is 2. The lowest BCUT2D eigenvalue weighted by Gasteiger charge is -2.24. The van der Waals surface area contributed by atoms with Gasteiger partial charge in [0.1, 0.15) is 11.6 Å². The Morgan fingerprint density at radius 3 is 2.48 bits per heavy atom. The molecule has 1 amide bonds. The highest BCUT2D eigenvalue weighted by molar-refractivity contribution is 8.15. The van der Waals surface area contributed by atoms with E-state index in [0.717, 1.165) is 16.9 Å². The number of amidine groups is 1. The lowest BCUT2D eigenvalue weighted by atomic mass is 10.1. The molecule has 2 aromatic carbocycles. The summed E-state index contributed by atoms with van der Waals surface area (Å²) in [5, 5.41) is 0.455. The van der Waals surface area contributed by atoms with Gasteiger partial charge in [-0.15, -0.1) is 0 Å². The van der Waals surface area contributed by atoms with Crippen LogP contribution in [0.3, 0.4) is 0 Å². The number of carbonyl (C=O) groups is 1. The van der Waals surface area contributed by atoms with Crippen molar-refractivity contribution in [3.63, 3.8) is 0 Å². The first kappa shape index (κ1) is 21.8. The summed E-state index contributed by atoms with van der Waals surface area (Å²) in [7, 11) is -1.51. The number of hydrogen-bond donors (Lipinski definition) is 0. The maximum absolute atomic E-state index is 13.2. The minimum atomic E-state index is -3.10. The van der Waals surface area contributed by atoms with Crippen molar-refractivity contribution in [2.75, 3.05) is 25.2 Å². The van der Waals surface area contributed by atoms with Crippen LogP contribution in [0.1, 0.15) is 11.1 Å². The molecule has 2 unspecified atom stereocenters. The molecule has 0 spiro atoms. The summed E-state index contributed by atoms with van der Waals surface area (Å²) in [5.41, 5.74) is 1.78. The minimum Gasteiger partial charge on any atom is -0.497 e. The number of benzene rings is 2. The van der Waals surface area contributed by atoms with E-state index in [1.807, 2.05) is 17.0 Å². The van der Waals surface area contributed by atoms with Crippen LogP contribution < -0.4 is 4.74 Å². The Hall–Kier alpha value is -2.39. The molecule has 0 bridgehead atoms. The van der Waals surface area contributed by atoms with Gasteiger partial charge in [0.05, 0.1) is 31.1 Å². The number of sulfone groups is 1. The van der Waals surface area contributed by atoms with E-state index < -0.39 is 9.84 Å². The molecule has 4 rings (SSSR count). The fourth-order valence-corrected chi connectivity index (χ4v) is 7.86. The molecule has 2 heterocycles. The fraction of sp³-hybridized carbons (Fsp3) is 0.364. The Morgan fingerprint density at radius 2 is 1.81 bits per heavy atom. The number of thioether (sulfide) groups is 1. The molecule has 2 aromatic rings. The molecule has 2 aliphatic rings. The summed E-state index contributed by atoms with van der Waals surface area (Å²) in [4.78, 5) is 18.9. The van der Waals surface area contributed by atoms with Gasteiger partial charge >= 0.3 is 0 Å². The molecule has 0 aliphatic carbocycles. The summed E-state index contributed by atoms with van der Waals surface area (Å²) >= 11 is 1.37. The predicted molar refractivity (Wildman–Crippen MR) is 120 cm³/mol. The van der Waals surface area contributed by atoms with E-state index in [1.54, 1.807) is 31.4 Å². The first-order chi connectivity index (χ1) is 14.8. The third-order valence-electron chi connectivity index (χ3n) is 5.46. The van der Waals surface area contributed by atoms with Crippen LogP contribution in [0.15, 0.2) is 53.5 Å². The van der Waals surface area contributed by atoms with Crippen molar-refractivity contribution in [3.8, 4) is 5.75 Å². The first-order valence-corrected chi connectivity index (χ1v) is 12.7. The Morgan fingerprint density at radius 1 is 1.13 bits per heavy atom. The van der Waals surface area contributed by atoms with Crippen molar-refractivity contribution in [1.29, 1.82) is 0 Å². The van der Waals surface area contributed by atoms with E-state index in [0.29, 0.717) is 18.1 Å². The molecule has 2 atom stereocenters. The summed E-state index contributed by atoms with van der Waals surface area (Å²) < 4.78 is 42.6. The summed E-state index contributed by atoms with van der Waals surface area (Å²) in [5.74, 6) is 0.312. The zero-order valence-corrected chi connectivity index (χ0v) is 18.7. The fourth-order valence-electron chi connectivity index (χ4n) is 3.86. The van der Waals surface area contributed by atoms with Gasteiger partial charge < -0.3 is 9.64 Å². The van der Waals surface area contributed by atoms with Gasteiger partial charge in [-0.05, 0) is 41.8 Å². The van der Waals surface area contributed by atoms with Crippen molar-refractivity contribution in [2.45, 2.75) is 24.1 Å². The van der Waals surface area contributed by atoms with Gasteiger partial charge in [0.25, 0.3) is 5.91 Å². The molecule has 2 aliphatic heterocycles. The van der Waals surface area contributed by atoms with E-state index in [9.17, 15) is 17.6 Å². The highest BCUT2D eigenvalue weighted by Crippen LogP contribution is 2.38. The van der Waals surface area contributed by atoms with Crippen LogP contribution in [-0.2, 0) is 27.5 Å². The van der Waals surface area contributed by atoms with Crippen molar-refractivity contribution in [2.24, 2.45) is 4.99 Å². The number of hydrogen-bond acceptors (Lipinski definition) is 5. The zero-order chi connectivity index (χ0) is 22.0. The lowest BCUT2D eigenvalue weighted by molar-refractivity contribution is -0.117. The molecule has 6 nitrogen and oxygen atoms in total.